The molecule has 0 unspecified atom stereocenters. The molecule has 0 saturated heterocycles. The molecule has 2 amide bonds. The first kappa shape index (κ1) is 22.5. The molecule has 172 valence electrons. The Labute approximate surface area is 195 Å². The number of nitrogens with one attached hydrogen (secondary N) is 1. The molecule has 0 atom stereocenters. The van der Waals surface area contributed by atoms with Crippen LogP contribution in [0.3, 0.4) is 0 Å². The van der Waals surface area contributed by atoms with E-state index in [0.717, 1.165) is 0 Å². The third-order valence-corrected chi connectivity index (χ3v) is 5.03. The predicted molar refractivity (Wildman–Crippen MR) is 127 cm³/mol. The fourth-order valence-electron chi connectivity index (χ4n) is 3.36. The molecule has 0 bridgehead atoms. The summed E-state index contributed by atoms with van der Waals surface area (Å²) < 4.78 is 11.2. The van der Waals surface area contributed by atoms with Gasteiger partial charge >= 0.3 is 0 Å². The number of ether oxygens (including phenoxy) is 2. The topological polar surface area (TPSA) is 111 Å². The van der Waals surface area contributed by atoms with Gasteiger partial charge in [0.05, 0.1) is 17.2 Å². The van der Waals surface area contributed by atoms with Gasteiger partial charge in [-0.2, -0.15) is 0 Å². The molecule has 0 aliphatic carbocycles. The lowest BCUT2D eigenvalue weighted by molar-refractivity contribution is -0.384. The Morgan fingerprint density at radius 1 is 1.12 bits per heavy atom. The molecule has 9 nitrogen and oxygen atoms in total. The third kappa shape index (κ3) is 5.57. The molecule has 0 saturated carbocycles. The second-order valence-corrected chi connectivity index (χ2v) is 7.35. The summed E-state index contributed by atoms with van der Waals surface area (Å²) in [5, 5.41) is 13.5. The first-order valence-corrected chi connectivity index (χ1v) is 10.5. The van der Waals surface area contributed by atoms with Crippen molar-refractivity contribution >= 4 is 35.0 Å². The first-order chi connectivity index (χ1) is 16.5. The van der Waals surface area contributed by atoms with Crippen LogP contribution < -0.4 is 19.7 Å². The van der Waals surface area contributed by atoms with E-state index in [-0.39, 0.29) is 24.1 Å². The number of para-hydroxylation sites is 1. The molecule has 1 heterocycles. The Hall–Kier alpha value is -4.66. The van der Waals surface area contributed by atoms with Gasteiger partial charge < -0.3 is 19.7 Å². The number of amides is 2. The minimum atomic E-state index is -0.484. The van der Waals surface area contributed by atoms with Crippen molar-refractivity contribution in [1.82, 2.24) is 0 Å². The van der Waals surface area contributed by atoms with Gasteiger partial charge in [0, 0.05) is 23.9 Å². The average Bonchev–Trinajstić information content (AvgIpc) is 2.85. The lowest BCUT2D eigenvalue weighted by atomic mass is 10.2. The minimum Gasteiger partial charge on any atom is -0.492 e. The number of anilines is 2. The van der Waals surface area contributed by atoms with Gasteiger partial charge in [0.1, 0.15) is 18.1 Å². The maximum absolute atomic E-state index is 12.5. The number of nitro benzene ring substituents is 1. The number of non-ortho nitro benzene ring substituents is 1. The van der Waals surface area contributed by atoms with Gasteiger partial charge in [-0.15, -0.1) is 0 Å². The number of nitro groups is 1. The van der Waals surface area contributed by atoms with Crippen LogP contribution in [0.1, 0.15) is 5.56 Å². The van der Waals surface area contributed by atoms with E-state index in [1.165, 1.54) is 18.2 Å². The number of nitrogens with zero attached hydrogens (tertiary/aromatic N) is 2. The van der Waals surface area contributed by atoms with Crippen LogP contribution in [0.4, 0.5) is 17.1 Å². The summed E-state index contributed by atoms with van der Waals surface area (Å²) >= 11 is 0. The smallest absolute Gasteiger partial charge is 0.269 e. The van der Waals surface area contributed by atoms with Crippen molar-refractivity contribution in [2.75, 3.05) is 30.0 Å². The maximum atomic E-state index is 12.5. The maximum Gasteiger partial charge on any atom is 0.269 e. The predicted octanol–water partition coefficient (Wildman–Crippen LogP) is 4.05. The zero-order valence-electron chi connectivity index (χ0n) is 18.0. The summed E-state index contributed by atoms with van der Waals surface area (Å²) in [6, 6.07) is 20.2. The van der Waals surface area contributed by atoms with E-state index in [0.29, 0.717) is 41.6 Å². The third-order valence-electron chi connectivity index (χ3n) is 5.03. The lowest BCUT2D eigenvalue weighted by Crippen LogP contribution is -2.41. The van der Waals surface area contributed by atoms with E-state index in [2.05, 4.69) is 5.32 Å². The summed E-state index contributed by atoms with van der Waals surface area (Å²) in [5.41, 5.74) is 1.66. The molecule has 1 aliphatic heterocycles. The minimum absolute atomic E-state index is 0.0221. The standard InChI is InChI=1S/C25H21N3O6/c29-24(13-8-18-6-10-20(11-7-18)28(31)32)26-19-9-12-23-22(16-19)27(25(30)17-34-23)14-15-33-21-4-2-1-3-5-21/h1-13,16H,14-15,17H2,(H,26,29)/b13-8+. The second-order valence-electron chi connectivity index (χ2n) is 7.35. The highest BCUT2D eigenvalue weighted by Crippen LogP contribution is 2.34. The van der Waals surface area contributed by atoms with E-state index in [1.54, 1.807) is 41.3 Å². The van der Waals surface area contributed by atoms with Crippen LogP contribution in [0.2, 0.25) is 0 Å². The summed E-state index contributed by atoms with van der Waals surface area (Å²) in [4.78, 5) is 36.7. The van der Waals surface area contributed by atoms with Gasteiger partial charge in [-0.25, -0.2) is 0 Å². The van der Waals surface area contributed by atoms with E-state index in [4.69, 9.17) is 9.47 Å². The van der Waals surface area contributed by atoms with Crippen molar-refractivity contribution in [1.29, 1.82) is 0 Å². The van der Waals surface area contributed by atoms with Gasteiger partial charge in [-0.3, -0.25) is 19.7 Å². The first-order valence-electron chi connectivity index (χ1n) is 10.5. The number of hydrogen-bond acceptors (Lipinski definition) is 6. The molecule has 0 spiro atoms. The fraction of sp³-hybridized carbons (Fsp3) is 0.120. The van der Waals surface area contributed by atoms with E-state index < -0.39 is 4.92 Å². The van der Waals surface area contributed by atoms with Crippen molar-refractivity contribution in [3.63, 3.8) is 0 Å². The Balaban J connectivity index is 1.41. The number of carbonyl (C=O) groups excluding carboxylic acids is 2. The fourth-order valence-corrected chi connectivity index (χ4v) is 3.36. The van der Waals surface area contributed by atoms with Crippen molar-refractivity contribution in [2.24, 2.45) is 0 Å². The van der Waals surface area contributed by atoms with Crippen LogP contribution in [0, 0.1) is 10.1 Å². The molecule has 3 aromatic rings. The summed E-state index contributed by atoms with van der Waals surface area (Å²) in [7, 11) is 0. The average molecular weight is 459 g/mol. The van der Waals surface area contributed by atoms with E-state index in [1.807, 2.05) is 30.3 Å². The van der Waals surface area contributed by atoms with E-state index >= 15 is 0 Å². The molecule has 34 heavy (non-hydrogen) atoms. The Kier molecular flexibility index (Phi) is 6.83. The SMILES string of the molecule is O=C(/C=C/c1ccc([N+](=O)[O-])cc1)Nc1ccc2c(c1)N(CCOc1ccccc1)C(=O)CO2. The van der Waals surface area contributed by atoms with Gasteiger partial charge in [0.15, 0.2) is 6.61 Å². The van der Waals surface area contributed by atoms with Gasteiger partial charge in [0.25, 0.3) is 11.6 Å². The monoisotopic (exact) mass is 459 g/mol. The van der Waals surface area contributed by atoms with Crippen LogP contribution in [-0.2, 0) is 9.59 Å². The van der Waals surface area contributed by atoms with Crippen molar-refractivity contribution < 1.29 is 24.0 Å². The molecule has 0 radical (unpaired) electrons. The zero-order chi connectivity index (χ0) is 23.9. The highest BCUT2D eigenvalue weighted by atomic mass is 16.6. The largest absolute Gasteiger partial charge is 0.492 e. The van der Waals surface area contributed by atoms with Crippen molar-refractivity contribution in [2.45, 2.75) is 0 Å². The molecule has 0 aromatic heterocycles. The second kappa shape index (κ2) is 10.3. The normalized spacial score (nSPS) is 12.7. The van der Waals surface area contributed by atoms with Crippen LogP contribution >= 0.6 is 0 Å². The highest BCUT2D eigenvalue weighted by Gasteiger charge is 2.26. The van der Waals surface area contributed by atoms with Gasteiger partial charge in [-0.1, -0.05) is 18.2 Å². The molecular weight excluding hydrogens is 438 g/mol. The van der Waals surface area contributed by atoms with Crippen LogP contribution in [0.15, 0.2) is 78.9 Å². The Morgan fingerprint density at radius 3 is 2.62 bits per heavy atom. The number of rotatable bonds is 8. The van der Waals surface area contributed by atoms with E-state index in [9.17, 15) is 19.7 Å². The number of fused-ring (bicyclic) bond motifs is 1. The molecule has 0 fully saturated rings. The molecule has 1 aliphatic rings. The summed E-state index contributed by atoms with van der Waals surface area (Å²) in [5.74, 6) is 0.661. The quantitative estimate of drug-likeness (QED) is 0.309. The Bertz CT molecular complexity index is 1230. The lowest BCUT2D eigenvalue weighted by Gasteiger charge is -2.29. The van der Waals surface area contributed by atoms with Crippen LogP contribution in [0.5, 0.6) is 11.5 Å². The van der Waals surface area contributed by atoms with Gasteiger partial charge in [0.2, 0.25) is 5.91 Å². The molecular formula is C25H21N3O6. The highest BCUT2D eigenvalue weighted by molar-refractivity contribution is 6.03. The number of carbonyl (C=O) groups is 2. The summed E-state index contributed by atoms with van der Waals surface area (Å²) in [6.45, 7) is 0.549. The molecule has 9 heteroatoms. The summed E-state index contributed by atoms with van der Waals surface area (Å²) in [6.07, 6.45) is 2.88. The Morgan fingerprint density at radius 2 is 1.88 bits per heavy atom. The number of hydrogen-bond donors (Lipinski definition) is 1. The number of benzene rings is 3. The van der Waals surface area contributed by atoms with Crippen LogP contribution in [0.25, 0.3) is 6.08 Å². The van der Waals surface area contributed by atoms with Crippen molar-refractivity contribution in [3.05, 3.63) is 94.6 Å². The zero-order valence-corrected chi connectivity index (χ0v) is 18.0. The van der Waals surface area contributed by atoms with Gasteiger partial charge in [-0.05, 0) is 54.1 Å². The molecule has 4 rings (SSSR count). The molecule has 3 aromatic carbocycles. The van der Waals surface area contributed by atoms with Crippen molar-refractivity contribution in [3.8, 4) is 11.5 Å². The molecule has 1 N–H and O–H groups in total. The van der Waals surface area contributed by atoms with Crippen LogP contribution in [-0.4, -0.2) is 36.5 Å².